The van der Waals surface area contributed by atoms with Crippen molar-refractivity contribution in [2.24, 2.45) is 5.92 Å². The Labute approximate surface area is 103 Å². The average molecular weight is 226 g/mol. The molecule has 1 aromatic carbocycles. The van der Waals surface area contributed by atoms with Crippen LogP contribution in [0, 0.1) is 5.92 Å². The van der Waals surface area contributed by atoms with Gasteiger partial charge in [0.05, 0.1) is 0 Å². The molecule has 1 heteroatoms. The maximum absolute atomic E-state index is 11.3. The highest BCUT2D eigenvalue weighted by Gasteiger charge is 1.99. The van der Waals surface area contributed by atoms with Crippen molar-refractivity contribution >= 4 is 11.9 Å². The van der Waals surface area contributed by atoms with E-state index in [1.165, 1.54) is 5.56 Å². The number of ketones is 1. The number of hydrogen-bond donors (Lipinski definition) is 0. The number of carbonyl (C=O) groups excluding carboxylic acids is 1. The van der Waals surface area contributed by atoms with Crippen LogP contribution < -0.4 is 0 Å². The van der Waals surface area contributed by atoms with Gasteiger partial charge in [-0.3, -0.25) is 4.79 Å². The van der Waals surface area contributed by atoms with E-state index >= 15 is 0 Å². The predicted molar refractivity (Wildman–Crippen MR) is 73.6 cm³/mol. The standard InChI is InChI=1S/C16H18O/c1-14(2)16(17)13-9-4-3-6-10-15-11-7-5-8-12-15/h3-14H,1-2H3/b4-3+,10-6+,13-9+. The lowest BCUT2D eigenvalue weighted by Gasteiger charge is -1.94. The molecule has 1 rings (SSSR count). The van der Waals surface area contributed by atoms with Crippen molar-refractivity contribution < 1.29 is 4.79 Å². The first kappa shape index (κ1) is 13.2. The number of hydrogen-bond acceptors (Lipinski definition) is 1. The van der Waals surface area contributed by atoms with Crippen LogP contribution in [0.1, 0.15) is 19.4 Å². The molecular formula is C16H18O. The zero-order valence-corrected chi connectivity index (χ0v) is 10.3. The van der Waals surface area contributed by atoms with Gasteiger partial charge >= 0.3 is 0 Å². The summed E-state index contributed by atoms with van der Waals surface area (Å²) in [5.74, 6) is 0.223. The van der Waals surface area contributed by atoms with E-state index in [9.17, 15) is 4.79 Å². The second-order valence-electron chi connectivity index (χ2n) is 4.07. The molecule has 0 N–H and O–H groups in total. The van der Waals surface area contributed by atoms with Crippen molar-refractivity contribution in [1.29, 1.82) is 0 Å². The molecule has 0 aliphatic heterocycles. The van der Waals surface area contributed by atoms with Gasteiger partial charge in [-0.15, -0.1) is 0 Å². The fourth-order valence-corrected chi connectivity index (χ4v) is 1.20. The summed E-state index contributed by atoms with van der Waals surface area (Å²) < 4.78 is 0. The minimum Gasteiger partial charge on any atom is -0.295 e. The topological polar surface area (TPSA) is 17.1 Å². The molecule has 1 aromatic rings. The highest BCUT2D eigenvalue weighted by atomic mass is 16.1. The number of allylic oxidation sites excluding steroid dienone is 5. The first-order valence-corrected chi connectivity index (χ1v) is 5.80. The van der Waals surface area contributed by atoms with E-state index in [0.29, 0.717) is 0 Å². The first-order valence-electron chi connectivity index (χ1n) is 5.80. The quantitative estimate of drug-likeness (QED) is 0.547. The molecule has 0 saturated heterocycles. The van der Waals surface area contributed by atoms with Gasteiger partial charge in [-0.25, -0.2) is 0 Å². The third-order valence-electron chi connectivity index (χ3n) is 2.25. The molecule has 88 valence electrons. The molecule has 0 aliphatic carbocycles. The first-order chi connectivity index (χ1) is 8.20. The van der Waals surface area contributed by atoms with Gasteiger partial charge in [-0.2, -0.15) is 0 Å². The Morgan fingerprint density at radius 1 is 1.00 bits per heavy atom. The van der Waals surface area contributed by atoms with Crippen LogP contribution in [-0.2, 0) is 4.79 Å². The monoisotopic (exact) mass is 226 g/mol. The normalized spacial score (nSPS) is 12.2. The van der Waals surface area contributed by atoms with Crippen molar-refractivity contribution in [3.63, 3.8) is 0 Å². The molecule has 1 nitrogen and oxygen atoms in total. The summed E-state index contributed by atoms with van der Waals surface area (Å²) in [6, 6.07) is 10.1. The molecule has 0 bridgehead atoms. The summed E-state index contributed by atoms with van der Waals surface area (Å²) in [5, 5.41) is 0. The van der Waals surface area contributed by atoms with E-state index < -0.39 is 0 Å². The Hall–Kier alpha value is -1.89. The lowest BCUT2D eigenvalue weighted by atomic mass is 10.1. The fraction of sp³-hybridized carbons (Fsp3) is 0.188. The molecule has 0 radical (unpaired) electrons. The molecule has 0 saturated carbocycles. The summed E-state index contributed by atoms with van der Waals surface area (Å²) in [6.45, 7) is 3.79. The van der Waals surface area contributed by atoms with E-state index in [4.69, 9.17) is 0 Å². The van der Waals surface area contributed by atoms with Gasteiger partial charge in [-0.1, -0.05) is 74.6 Å². The summed E-state index contributed by atoms with van der Waals surface area (Å²) >= 11 is 0. The highest BCUT2D eigenvalue weighted by molar-refractivity contribution is 5.91. The van der Waals surface area contributed by atoms with Crippen LogP contribution in [0.5, 0.6) is 0 Å². The number of benzene rings is 1. The molecule has 0 aromatic heterocycles. The Balaban J connectivity index is 2.41. The van der Waals surface area contributed by atoms with E-state index in [1.54, 1.807) is 12.2 Å². The molecule has 0 spiro atoms. The minimum atomic E-state index is 0.0690. The predicted octanol–water partition coefficient (Wildman–Crippen LogP) is 4.04. The Bertz CT molecular complexity index is 422. The van der Waals surface area contributed by atoms with Crippen molar-refractivity contribution in [1.82, 2.24) is 0 Å². The largest absolute Gasteiger partial charge is 0.295 e. The smallest absolute Gasteiger partial charge is 0.158 e. The van der Waals surface area contributed by atoms with Crippen LogP contribution in [0.25, 0.3) is 6.08 Å². The van der Waals surface area contributed by atoms with Gasteiger partial charge in [0, 0.05) is 5.92 Å². The van der Waals surface area contributed by atoms with E-state index in [-0.39, 0.29) is 11.7 Å². The van der Waals surface area contributed by atoms with Gasteiger partial charge in [0.2, 0.25) is 0 Å². The molecule has 0 aliphatic rings. The van der Waals surface area contributed by atoms with Crippen molar-refractivity contribution in [3.8, 4) is 0 Å². The number of rotatable bonds is 5. The molecule has 0 fully saturated rings. The van der Waals surface area contributed by atoms with Gasteiger partial charge in [0.15, 0.2) is 5.78 Å². The lowest BCUT2D eigenvalue weighted by molar-refractivity contribution is -0.117. The van der Waals surface area contributed by atoms with Crippen molar-refractivity contribution in [2.45, 2.75) is 13.8 Å². The Kier molecular flexibility index (Phi) is 5.73. The van der Waals surface area contributed by atoms with Crippen molar-refractivity contribution in [2.75, 3.05) is 0 Å². The van der Waals surface area contributed by atoms with Crippen LogP contribution in [-0.4, -0.2) is 5.78 Å². The Morgan fingerprint density at radius 2 is 1.65 bits per heavy atom. The number of carbonyl (C=O) groups is 1. The van der Waals surface area contributed by atoms with Crippen LogP contribution in [0.15, 0.2) is 60.7 Å². The van der Waals surface area contributed by atoms with Crippen LogP contribution in [0.4, 0.5) is 0 Å². The molecule has 0 atom stereocenters. The fourth-order valence-electron chi connectivity index (χ4n) is 1.20. The van der Waals surface area contributed by atoms with Gasteiger partial charge in [0.1, 0.15) is 0 Å². The molecule has 0 heterocycles. The van der Waals surface area contributed by atoms with Gasteiger partial charge in [-0.05, 0) is 11.6 Å². The summed E-state index contributed by atoms with van der Waals surface area (Å²) in [4.78, 5) is 11.3. The highest BCUT2D eigenvalue weighted by Crippen LogP contribution is 2.01. The van der Waals surface area contributed by atoms with E-state index in [0.717, 1.165) is 0 Å². The molecular weight excluding hydrogens is 208 g/mol. The third kappa shape index (κ3) is 5.67. The third-order valence-corrected chi connectivity index (χ3v) is 2.25. The second kappa shape index (κ2) is 7.39. The van der Waals surface area contributed by atoms with Crippen LogP contribution in [0.2, 0.25) is 0 Å². The van der Waals surface area contributed by atoms with E-state index in [2.05, 4.69) is 0 Å². The van der Waals surface area contributed by atoms with Crippen LogP contribution in [0.3, 0.4) is 0 Å². The van der Waals surface area contributed by atoms with Gasteiger partial charge < -0.3 is 0 Å². The SMILES string of the molecule is CC(C)C(=O)/C=C/C=C/C=C/c1ccccc1. The van der Waals surface area contributed by atoms with Crippen LogP contribution >= 0.6 is 0 Å². The zero-order chi connectivity index (χ0) is 12.5. The maximum Gasteiger partial charge on any atom is 0.158 e. The zero-order valence-electron chi connectivity index (χ0n) is 10.3. The molecule has 17 heavy (non-hydrogen) atoms. The summed E-state index contributed by atoms with van der Waals surface area (Å²) in [6.07, 6.45) is 11.1. The van der Waals surface area contributed by atoms with E-state index in [1.807, 2.05) is 68.5 Å². The Morgan fingerprint density at radius 3 is 2.29 bits per heavy atom. The van der Waals surface area contributed by atoms with Crippen molar-refractivity contribution in [3.05, 3.63) is 66.3 Å². The minimum absolute atomic E-state index is 0.0690. The lowest BCUT2D eigenvalue weighted by Crippen LogP contribution is -2.01. The second-order valence-corrected chi connectivity index (χ2v) is 4.07. The summed E-state index contributed by atoms with van der Waals surface area (Å²) in [5.41, 5.74) is 1.17. The molecule has 0 unspecified atom stereocenters. The van der Waals surface area contributed by atoms with Gasteiger partial charge in [0.25, 0.3) is 0 Å². The maximum atomic E-state index is 11.3. The average Bonchev–Trinajstić information content (AvgIpc) is 2.34. The summed E-state index contributed by atoms with van der Waals surface area (Å²) in [7, 11) is 0. The molecule has 0 amide bonds.